The Morgan fingerprint density at radius 1 is 1.33 bits per heavy atom. The second-order valence-electron chi connectivity index (χ2n) is 4.91. The van der Waals surface area contributed by atoms with Gasteiger partial charge in [0.15, 0.2) is 0 Å². The maximum Gasteiger partial charge on any atom is 0.332 e. The van der Waals surface area contributed by atoms with Gasteiger partial charge in [-0.25, -0.2) is 9.18 Å². The molecule has 2 rings (SSSR count). The van der Waals surface area contributed by atoms with Gasteiger partial charge in [-0.05, 0) is 25.1 Å². The van der Waals surface area contributed by atoms with Crippen molar-refractivity contribution in [2.75, 3.05) is 0 Å². The molecule has 0 saturated heterocycles. The molecule has 0 radical (unpaired) electrons. The molecule has 4 nitrogen and oxygen atoms in total. The van der Waals surface area contributed by atoms with E-state index in [0.717, 1.165) is 0 Å². The van der Waals surface area contributed by atoms with Gasteiger partial charge in [0.25, 0.3) is 0 Å². The number of carboxylic acids is 2. The van der Waals surface area contributed by atoms with E-state index in [1.807, 2.05) is 0 Å². The molecule has 0 fully saturated rings. The predicted octanol–water partition coefficient (Wildman–Crippen LogP) is 3.13. The second-order valence-corrected chi connectivity index (χ2v) is 5.83. The molecule has 0 spiro atoms. The third-order valence-corrected chi connectivity index (χ3v) is 4.23. The molecule has 0 bridgehead atoms. The van der Waals surface area contributed by atoms with Crippen LogP contribution in [0.3, 0.4) is 0 Å². The number of rotatable bonds is 3. The van der Waals surface area contributed by atoms with E-state index in [2.05, 4.69) is 15.9 Å². The van der Waals surface area contributed by atoms with Gasteiger partial charge in [0.2, 0.25) is 0 Å². The van der Waals surface area contributed by atoms with Crippen molar-refractivity contribution in [2.24, 2.45) is 5.92 Å². The molecule has 0 aromatic heterocycles. The average molecular weight is 355 g/mol. The van der Waals surface area contributed by atoms with E-state index in [4.69, 9.17) is 0 Å². The third-order valence-electron chi connectivity index (χ3n) is 3.73. The quantitative estimate of drug-likeness (QED) is 0.874. The number of halogens is 2. The van der Waals surface area contributed by atoms with Crippen LogP contribution in [0.4, 0.5) is 4.39 Å². The Morgan fingerprint density at radius 2 is 2.00 bits per heavy atom. The molecule has 1 aliphatic rings. The summed E-state index contributed by atoms with van der Waals surface area (Å²) in [5, 5.41) is 18.8. The minimum absolute atomic E-state index is 0.0299. The zero-order valence-electron chi connectivity index (χ0n) is 11.0. The lowest BCUT2D eigenvalue weighted by Gasteiger charge is -2.37. The van der Waals surface area contributed by atoms with Crippen molar-refractivity contribution in [1.29, 1.82) is 0 Å². The molecule has 1 aromatic rings. The van der Waals surface area contributed by atoms with Gasteiger partial charge in [-0.15, -0.1) is 0 Å². The van der Waals surface area contributed by atoms with Crippen LogP contribution >= 0.6 is 15.9 Å². The Hall–Kier alpha value is -1.95. The minimum atomic E-state index is -1.50. The van der Waals surface area contributed by atoms with Crippen LogP contribution in [0.5, 0.6) is 0 Å². The monoisotopic (exact) mass is 354 g/mol. The molecule has 1 aromatic carbocycles. The van der Waals surface area contributed by atoms with Gasteiger partial charge < -0.3 is 10.2 Å². The van der Waals surface area contributed by atoms with E-state index >= 15 is 0 Å². The summed E-state index contributed by atoms with van der Waals surface area (Å²) in [5.41, 5.74) is -1.63. The summed E-state index contributed by atoms with van der Waals surface area (Å²) in [4.78, 5) is 23.0. The van der Waals surface area contributed by atoms with Crippen LogP contribution in [0.1, 0.15) is 12.5 Å². The lowest BCUT2D eigenvalue weighted by molar-refractivity contribution is -0.142. The van der Waals surface area contributed by atoms with Crippen molar-refractivity contribution in [1.82, 2.24) is 0 Å². The van der Waals surface area contributed by atoms with Crippen LogP contribution < -0.4 is 0 Å². The van der Waals surface area contributed by atoms with Crippen LogP contribution in [0.25, 0.3) is 0 Å². The highest BCUT2D eigenvalue weighted by atomic mass is 79.9. The van der Waals surface area contributed by atoms with E-state index in [9.17, 15) is 24.2 Å². The number of allylic oxidation sites excluding steroid dienone is 2. The molecule has 0 amide bonds. The molecular weight excluding hydrogens is 343 g/mol. The van der Waals surface area contributed by atoms with Crippen LogP contribution in [0, 0.1) is 11.7 Å². The molecular formula is C15H12BrFO4. The summed E-state index contributed by atoms with van der Waals surface area (Å²) in [6.07, 6.45) is 4.05. The SMILES string of the molecule is CC1(c2cc(Br)ccc2F)C(C(=O)O)=CC=C[C@H]1C(=O)O. The molecule has 0 saturated carbocycles. The highest BCUT2D eigenvalue weighted by molar-refractivity contribution is 9.10. The number of hydrogen-bond donors (Lipinski definition) is 2. The van der Waals surface area contributed by atoms with Crippen molar-refractivity contribution in [2.45, 2.75) is 12.3 Å². The Morgan fingerprint density at radius 3 is 2.57 bits per heavy atom. The van der Waals surface area contributed by atoms with Crippen molar-refractivity contribution in [3.05, 3.63) is 57.9 Å². The first-order valence-corrected chi connectivity index (χ1v) is 6.88. The summed E-state index contributed by atoms with van der Waals surface area (Å²) < 4.78 is 14.8. The maximum atomic E-state index is 14.2. The number of carbonyl (C=O) groups is 2. The fourth-order valence-corrected chi connectivity index (χ4v) is 2.99. The van der Waals surface area contributed by atoms with Crippen molar-refractivity contribution >= 4 is 27.9 Å². The third kappa shape index (κ3) is 2.51. The minimum Gasteiger partial charge on any atom is -0.481 e. The first-order chi connectivity index (χ1) is 9.78. The molecule has 110 valence electrons. The van der Waals surface area contributed by atoms with E-state index in [1.54, 1.807) is 0 Å². The van der Waals surface area contributed by atoms with Gasteiger partial charge in [-0.1, -0.05) is 34.2 Å². The molecule has 21 heavy (non-hydrogen) atoms. The summed E-state index contributed by atoms with van der Waals surface area (Å²) in [6.45, 7) is 1.43. The highest BCUT2D eigenvalue weighted by Gasteiger charge is 2.47. The first-order valence-electron chi connectivity index (χ1n) is 6.09. The van der Waals surface area contributed by atoms with Crippen molar-refractivity contribution in [3.8, 4) is 0 Å². The van der Waals surface area contributed by atoms with Gasteiger partial charge in [-0.3, -0.25) is 4.79 Å². The predicted molar refractivity (Wildman–Crippen MR) is 77.4 cm³/mol. The summed E-state index contributed by atoms with van der Waals surface area (Å²) in [7, 11) is 0. The van der Waals surface area contributed by atoms with E-state index < -0.39 is 29.1 Å². The number of hydrogen-bond acceptors (Lipinski definition) is 2. The second kappa shape index (κ2) is 5.44. The zero-order valence-corrected chi connectivity index (χ0v) is 12.6. The van der Waals surface area contributed by atoms with Gasteiger partial charge in [0.1, 0.15) is 5.82 Å². The first kappa shape index (κ1) is 15.4. The van der Waals surface area contributed by atoms with Gasteiger partial charge in [0.05, 0.1) is 5.92 Å². The molecule has 2 N–H and O–H groups in total. The normalized spacial score (nSPS) is 24.5. The molecule has 0 aliphatic heterocycles. The van der Waals surface area contributed by atoms with Crippen molar-refractivity contribution in [3.63, 3.8) is 0 Å². The summed E-state index contributed by atoms with van der Waals surface area (Å²) in [5.74, 6) is -4.29. The van der Waals surface area contributed by atoms with Crippen LogP contribution in [-0.2, 0) is 15.0 Å². The number of carboxylic acid groups (broad SMARTS) is 2. The van der Waals surface area contributed by atoms with Gasteiger partial charge in [-0.2, -0.15) is 0 Å². The molecule has 6 heteroatoms. The van der Waals surface area contributed by atoms with Crippen LogP contribution in [-0.4, -0.2) is 22.2 Å². The topological polar surface area (TPSA) is 74.6 Å². The largest absolute Gasteiger partial charge is 0.481 e. The molecule has 1 aliphatic carbocycles. The van der Waals surface area contributed by atoms with Crippen molar-refractivity contribution < 1.29 is 24.2 Å². The fourth-order valence-electron chi connectivity index (χ4n) is 2.63. The Kier molecular flexibility index (Phi) is 4.00. The summed E-state index contributed by atoms with van der Waals surface area (Å²) in [6, 6.07) is 4.07. The smallest absolute Gasteiger partial charge is 0.332 e. The van der Waals surface area contributed by atoms with Crippen LogP contribution in [0.2, 0.25) is 0 Å². The Bertz CT molecular complexity index is 680. The lowest BCUT2D eigenvalue weighted by atomic mass is 9.64. The van der Waals surface area contributed by atoms with Gasteiger partial charge >= 0.3 is 11.9 Å². The lowest BCUT2D eigenvalue weighted by Crippen LogP contribution is -2.42. The number of aliphatic carboxylic acids is 2. The maximum absolute atomic E-state index is 14.2. The van der Waals surface area contributed by atoms with E-state index in [1.165, 1.54) is 43.4 Å². The average Bonchev–Trinajstić information content (AvgIpc) is 2.40. The zero-order chi connectivity index (χ0) is 15.8. The standard InChI is InChI=1S/C15H12BrFO4/c1-15(11-7-8(16)5-6-12(11)17)9(13(18)19)3-2-4-10(15)14(20)21/h2-7,9H,1H3,(H,18,19)(H,20,21)/t9-,15?/m0/s1. The molecule has 1 unspecified atom stereocenters. The molecule has 0 heterocycles. The van der Waals surface area contributed by atoms with Crippen LogP contribution in [0.15, 0.2) is 46.5 Å². The van der Waals surface area contributed by atoms with E-state index in [-0.39, 0.29) is 11.1 Å². The van der Waals surface area contributed by atoms with Gasteiger partial charge in [0, 0.05) is 21.0 Å². The number of benzene rings is 1. The van der Waals surface area contributed by atoms with E-state index in [0.29, 0.717) is 4.47 Å². The Labute approximate surface area is 128 Å². The molecule has 2 atom stereocenters. The highest BCUT2D eigenvalue weighted by Crippen LogP contribution is 2.44. The Balaban J connectivity index is 2.75. The fraction of sp³-hybridized carbons (Fsp3) is 0.200. The summed E-state index contributed by atoms with van der Waals surface area (Å²) >= 11 is 3.20.